The van der Waals surface area contributed by atoms with Crippen molar-refractivity contribution >= 4 is 26.8 Å². The first kappa shape index (κ1) is 19.3. The summed E-state index contributed by atoms with van der Waals surface area (Å²) < 4.78 is 36.3. The number of hydrogen-bond donors (Lipinski definition) is 6. The number of phosphoric acid groups is 2. The molecule has 0 amide bonds. The minimum atomic E-state index is -5.38. The molecule has 6 N–H and O–H groups in total. The van der Waals surface area contributed by atoms with E-state index in [1.54, 1.807) is 0 Å². The van der Waals surface area contributed by atoms with Crippen LogP contribution in [0.4, 0.5) is 0 Å². The lowest BCUT2D eigenvalue weighted by Crippen LogP contribution is -2.32. The third kappa shape index (κ3) is 3.77. The van der Waals surface area contributed by atoms with Gasteiger partial charge in [0.25, 0.3) is 5.56 Å². The SMILES string of the molecule is O=c1[nH]cnc2c1ncn2[C@H]1O[C@@H](OP(=O)(O)OP(=O)(O)O)[C@@H](O)C1O. The van der Waals surface area contributed by atoms with Crippen molar-refractivity contribution in [2.24, 2.45) is 0 Å². The Labute approximate surface area is 142 Å². The van der Waals surface area contributed by atoms with Gasteiger partial charge in [0.15, 0.2) is 23.7 Å². The van der Waals surface area contributed by atoms with Gasteiger partial charge in [0.1, 0.15) is 12.2 Å². The second-order valence-corrected chi connectivity index (χ2v) is 7.86. The molecule has 0 aromatic carbocycles. The summed E-state index contributed by atoms with van der Waals surface area (Å²) in [6.07, 6.45) is -4.93. The van der Waals surface area contributed by atoms with Crippen molar-refractivity contribution < 1.29 is 47.6 Å². The highest BCUT2D eigenvalue weighted by Gasteiger charge is 2.49. The van der Waals surface area contributed by atoms with E-state index in [2.05, 4.69) is 23.8 Å². The number of hydrogen-bond acceptors (Lipinski definition) is 10. The fraction of sp³-hybridized carbons (Fsp3) is 0.444. The van der Waals surface area contributed by atoms with E-state index in [1.165, 1.54) is 0 Å². The van der Waals surface area contributed by atoms with Crippen molar-refractivity contribution in [3.8, 4) is 0 Å². The first-order valence-electron chi connectivity index (χ1n) is 6.68. The highest BCUT2D eigenvalue weighted by molar-refractivity contribution is 7.60. The van der Waals surface area contributed by atoms with E-state index < -0.39 is 45.9 Å². The molecule has 2 aromatic rings. The van der Waals surface area contributed by atoms with Crippen LogP contribution in [0, 0.1) is 0 Å². The fourth-order valence-corrected chi connectivity index (χ4v) is 3.95. The van der Waals surface area contributed by atoms with Gasteiger partial charge >= 0.3 is 15.6 Å². The first-order valence-corrected chi connectivity index (χ1v) is 9.71. The average molecular weight is 414 g/mol. The number of aromatic amines is 1. The Morgan fingerprint density at radius 3 is 2.54 bits per heavy atom. The van der Waals surface area contributed by atoms with E-state index in [0.29, 0.717) is 0 Å². The molecule has 17 heteroatoms. The number of phosphoric ester groups is 1. The number of rotatable bonds is 5. The van der Waals surface area contributed by atoms with Crippen molar-refractivity contribution in [1.82, 2.24) is 19.5 Å². The molecule has 144 valence electrons. The number of nitrogens with one attached hydrogen (secondary N) is 1. The first-order chi connectivity index (χ1) is 12.0. The monoisotopic (exact) mass is 414 g/mol. The molecule has 1 saturated heterocycles. The van der Waals surface area contributed by atoms with Crippen molar-refractivity contribution in [3.05, 3.63) is 23.0 Å². The summed E-state index contributed by atoms with van der Waals surface area (Å²) in [7, 11) is -10.7. The van der Waals surface area contributed by atoms with Crippen LogP contribution in [0.1, 0.15) is 6.23 Å². The number of aromatic nitrogens is 4. The van der Waals surface area contributed by atoms with E-state index >= 15 is 0 Å². The maximum atomic E-state index is 11.6. The van der Waals surface area contributed by atoms with Crippen molar-refractivity contribution in [3.63, 3.8) is 0 Å². The maximum Gasteiger partial charge on any atom is 0.483 e. The van der Waals surface area contributed by atoms with E-state index in [4.69, 9.17) is 14.5 Å². The van der Waals surface area contributed by atoms with Crippen molar-refractivity contribution in [2.75, 3.05) is 0 Å². The molecule has 0 bridgehead atoms. The Morgan fingerprint density at radius 1 is 1.19 bits per heavy atom. The zero-order valence-corrected chi connectivity index (χ0v) is 14.2. The van der Waals surface area contributed by atoms with Gasteiger partial charge in [-0.25, -0.2) is 19.1 Å². The summed E-state index contributed by atoms with van der Waals surface area (Å²) in [4.78, 5) is 48.0. The minimum absolute atomic E-state index is 0.0238. The summed E-state index contributed by atoms with van der Waals surface area (Å²) in [6.45, 7) is 0. The van der Waals surface area contributed by atoms with E-state index in [9.17, 15) is 29.0 Å². The summed E-state index contributed by atoms with van der Waals surface area (Å²) >= 11 is 0. The Hall–Kier alpha value is -1.51. The predicted molar refractivity (Wildman–Crippen MR) is 78.1 cm³/mol. The van der Waals surface area contributed by atoms with Gasteiger partial charge < -0.3 is 34.6 Å². The van der Waals surface area contributed by atoms with Gasteiger partial charge in [-0.05, 0) is 0 Å². The molecule has 1 aliphatic rings. The Morgan fingerprint density at radius 2 is 1.88 bits per heavy atom. The smallest absolute Gasteiger partial charge is 0.385 e. The summed E-state index contributed by atoms with van der Waals surface area (Å²) in [5.74, 6) is 0. The van der Waals surface area contributed by atoms with Gasteiger partial charge in [-0.3, -0.25) is 13.9 Å². The highest BCUT2D eigenvalue weighted by Crippen LogP contribution is 2.59. The molecular formula is C9H12N4O11P2. The zero-order valence-electron chi connectivity index (χ0n) is 12.4. The van der Waals surface area contributed by atoms with Crippen LogP contribution in [0.5, 0.6) is 0 Å². The number of H-pyrrole nitrogens is 1. The second kappa shape index (κ2) is 6.58. The fourth-order valence-electron chi connectivity index (χ4n) is 2.28. The zero-order chi connectivity index (χ0) is 19.3. The van der Waals surface area contributed by atoms with Crippen LogP contribution in [-0.2, 0) is 22.7 Å². The topological polar surface area (TPSA) is 227 Å². The van der Waals surface area contributed by atoms with E-state index in [0.717, 1.165) is 17.2 Å². The van der Waals surface area contributed by atoms with Gasteiger partial charge in [-0.2, -0.15) is 4.31 Å². The normalized spacial score (nSPS) is 29.1. The third-order valence-electron chi connectivity index (χ3n) is 3.28. The quantitative estimate of drug-likeness (QED) is 0.289. The van der Waals surface area contributed by atoms with Gasteiger partial charge in [0.2, 0.25) is 0 Å². The molecule has 3 rings (SSSR count). The van der Waals surface area contributed by atoms with E-state index in [1.807, 2.05) is 0 Å². The number of nitrogens with zero attached hydrogens (tertiary/aromatic N) is 3. The lowest BCUT2D eigenvalue weighted by molar-refractivity contribution is -0.133. The molecule has 26 heavy (non-hydrogen) atoms. The lowest BCUT2D eigenvalue weighted by Gasteiger charge is -2.18. The largest absolute Gasteiger partial charge is 0.483 e. The van der Waals surface area contributed by atoms with Crippen LogP contribution >= 0.6 is 15.6 Å². The van der Waals surface area contributed by atoms with Gasteiger partial charge in [-0.15, -0.1) is 0 Å². The molecule has 0 aliphatic carbocycles. The molecule has 0 spiro atoms. The van der Waals surface area contributed by atoms with Crippen molar-refractivity contribution in [2.45, 2.75) is 24.7 Å². The highest BCUT2D eigenvalue weighted by atomic mass is 31.3. The molecule has 2 aromatic heterocycles. The van der Waals surface area contributed by atoms with E-state index in [-0.39, 0.29) is 11.2 Å². The lowest BCUT2D eigenvalue weighted by atomic mass is 10.2. The summed E-state index contributed by atoms with van der Waals surface area (Å²) in [5.41, 5.74) is -0.700. The summed E-state index contributed by atoms with van der Waals surface area (Å²) in [6, 6.07) is 0. The molecule has 1 fully saturated rings. The number of aliphatic hydroxyl groups excluding tert-OH is 2. The number of aliphatic hydroxyl groups is 2. The van der Waals surface area contributed by atoms with Gasteiger partial charge in [0, 0.05) is 0 Å². The van der Waals surface area contributed by atoms with Gasteiger partial charge in [0.05, 0.1) is 12.7 Å². The number of ether oxygens (including phenoxy) is 1. The Balaban J connectivity index is 1.86. The molecule has 1 aliphatic heterocycles. The van der Waals surface area contributed by atoms with Crippen LogP contribution in [0.2, 0.25) is 0 Å². The van der Waals surface area contributed by atoms with Crippen molar-refractivity contribution in [1.29, 1.82) is 0 Å². The Kier molecular flexibility index (Phi) is 4.87. The second-order valence-electron chi connectivity index (χ2n) is 5.08. The summed E-state index contributed by atoms with van der Waals surface area (Å²) in [5, 5.41) is 20.0. The average Bonchev–Trinajstić information content (AvgIpc) is 3.02. The molecule has 15 nitrogen and oxygen atoms in total. The third-order valence-corrected chi connectivity index (χ3v) is 5.43. The van der Waals surface area contributed by atoms with Crippen LogP contribution in [0.15, 0.2) is 17.4 Å². The molecule has 2 unspecified atom stereocenters. The number of imidazole rings is 1. The van der Waals surface area contributed by atoms with Crippen LogP contribution in [-0.4, -0.2) is 62.9 Å². The molecule has 5 atom stereocenters. The molecule has 0 saturated carbocycles. The van der Waals surface area contributed by atoms with Gasteiger partial charge in [-0.1, -0.05) is 0 Å². The predicted octanol–water partition coefficient (Wildman–Crippen LogP) is -2.08. The molecular weight excluding hydrogens is 402 g/mol. The van der Waals surface area contributed by atoms with Crippen LogP contribution < -0.4 is 5.56 Å². The van der Waals surface area contributed by atoms with Crippen LogP contribution in [0.3, 0.4) is 0 Å². The standard InChI is InChI=1S/C9H12N4O11P2/c14-4-5(15)9(23-26(20,21)24-25(17,18)19)22-8(4)13-2-12-3-6(13)10-1-11-7(3)16/h1-2,4-5,8-9,14-15H,(H,20,21)(H,10,11,16)(H2,17,18,19)/t4?,5-,8-,9-/m0/s1. The Bertz CT molecular complexity index is 968. The number of fused-ring (bicyclic) bond motifs is 1. The van der Waals surface area contributed by atoms with Crippen LogP contribution in [0.25, 0.3) is 11.2 Å². The molecule has 3 heterocycles. The maximum absolute atomic E-state index is 11.6. The minimum Gasteiger partial charge on any atom is -0.385 e. The molecule has 0 radical (unpaired) electrons.